The van der Waals surface area contributed by atoms with Crippen molar-refractivity contribution >= 4 is 23.2 Å². The number of rotatable bonds is 4. The highest BCUT2D eigenvalue weighted by Crippen LogP contribution is 2.14. The highest BCUT2D eigenvalue weighted by atomic mass is 16.2. The highest BCUT2D eigenvalue weighted by Gasteiger charge is 2.04. The van der Waals surface area contributed by atoms with E-state index in [1.807, 2.05) is 14.1 Å². The Hall–Kier alpha value is -1.88. The summed E-state index contributed by atoms with van der Waals surface area (Å²) in [7, 11) is 3.65. The summed E-state index contributed by atoms with van der Waals surface area (Å²) < 4.78 is 0. The smallest absolute Gasteiger partial charge is 0.238 e. The largest absolute Gasteiger partial charge is 0.326 e. The van der Waals surface area contributed by atoms with Gasteiger partial charge in [-0.1, -0.05) is 6.07 Å². The highest BCUT2D eigenvalue weighted by molar-refractivity contribution is 5.94. The average Bonchev–Trinajstić information content (AvgIpc) is 2.14. The third-order valence-electron chi connectivity index (χ3n) is 1.93. The number of nitrogens with one attached hydrogen (secondary N) is 2. The van der Waals surface area contributed by atoms with Gasteiger partial charge >= 0.3 is 0 Å². The molecule has 5 heteroatoms. The minimum Gasteiger partial charge on any atom is -0.326 e. The lowest BCUT2D eigenvalue weighted by Gasteiger charge is -2.11. The first-order valence-electron chi connectivity index (χ1n) is 5.29. The summed E-state index contributed by atoms with van der Waals surface area (Å²) in [5, 5.41) is 5.41. The first-order valence-corrected chi connectivity index (χ1v) is 5.29. The summed E-state index contributed by atoms with van der Waals surface area (Å²) in [6.45, 7) is 1.77. The summed E-state index contributed by atoms with van der Waals surface area (Å²) in [5.41, 5.74) is 1.34. The SMILES string of the molecule is CC(=O)Nc1cccc(NC(=O)CN(C)C)c1. The van der Waals surface area contributed by atoms with Gasteiger partial charge in [-0.2, -0.15) is 0 Å². The van der Waals surface area contributed by atoms with Crippen LogP contribution in [0.25, 0.3) is 0 Å². The number of amides is 2. The van der Waals surface area contributed by atoms with E-state index in [1.54, 1.807) is 29.2 Å². The Bertz CT molecular complexity index is 416. The predicted molar refractivity (Wildman–Crippen MR) is 67.9 cm³/mol. The van der Waals surface area contributed by atoms with Crippen molar-refractivity contribution in [2.24, 2.45) is 0 Å². The van der Waals surface area contributed by atoms with E-state index in [1.165, 1.54) is 6.92 Å². The van der Waals surface area contributed by atoms with Crippen molar-refractivity contribution in [3.8, 4) is 0 Å². The monoisotopic (exact) mass is 235 g/mol. The number of anilines is 2. The van der Waals surface area contributed by atoms with Gasteiger partial charge in [0.2, 0.25) is 11.8 Å². The van der Waals surface area contributed by atoms with Crippen molar-refractivity contribution in [1.82, 2.24) is 4.90 Å². The summed E-state index contributed by atoms with van der Waals surface area (Å²) in [4.78, 5) is 24.2. The van der Waals surface area contributed by atoms with Crippen molar-refractivity contribution in [3.05, 3.63) is 24.3 Å². The number of nitrogens with zero attached hydrogens (tertiary/aromatic N) is 1. The summed E-state index contributed by atoms with van der Waals surface area (Å²) >= 11 is 0. The van der Waals surface area contributed by atoms with Crippen molar-refractivity contribution in [2.75, 3.05) is 31.3 Å². The van der Waals surface area contributed by atoms with Gasteiger partial charge in [0, 0.05) is 18.3 Å². The molecule has 0 spiro atoms. The molecule has 0 bridgehead atoms. The molecule has 17 heavy (non-hydrogen) atoms. The van der Waals surface area contributed by atoms with Crippen molar-refractivity contribution in [1.29, 1.82) is 0 Å². The number of hydrogen-bond acceptors (Lipinski definition) is 3. The molecule has 2 amide bonds. The van der Waals surface area contributed by atoms with Gasteiger partial charge in [0.1, 0.15) is 0 Å². The van der Waals surface area contributed by atoms with Gasteiger partial charge in [-0.15, -0.1) is 0 Å². The molecule has 0 aliphatic carbocycles. The molecule has 0 radical (unpaired) electrons. The Morgan fingerprint density at radius 2 is 1.76 bits per heavy atom. The first-order chi connectivity index (χ1) is 7.97. The number of likely N-dealkylation sites (N-methyl/N-ethyl adjacent to an activating group) is 1. The van der Waals surface area contributed by atoms with Crippen LogP contribution in [0.4, 0.5) is 11.4 Å². The molecule has 0 aliphatic heterocycles. The number of carbonyl (C=O) groups excluding carboxylic acids is 2. The van der Waals surface area contributed by atoms with Crippen LogP contribution < -0.4 is 10.6 Å². The van der Waals surface area contributed by atoms with Gasteiger partial charge in [-0.25, -0.2) is 0 Å². The van der Waals surface area contributed by atoms with E-state index in [4.69, 9.17) is 0 Å². The van der Waals surface area contributed by atoms with Crippen LogP contribution in [-0.2, 0) is 9.59 Å². The fraction of sp³-hybridized carbons (Fsp3) is 0.333. The minimum atomic E-state index is -0.137. The molecule has 1 rings (SSSR count). The fourth-order valence-electron chi connectivity index (χ4n) is 1.37. The van der Waals surface area contributed by atoms with Crippen LogP contribution in [0.1, 0.15) is 6.92 Å². The second-order valence-electron chi connectivity index (χ2n) is 4.05. The van der Waals surface area contributed by atoms with Crippen LogP contribution >= 0.6 is 0 Å². The van der Waals surface area contributed by atoms with Crippen LogP contribution in [-0.4, -0.2) is 37.4 Å². The maximum atomic E-state index is 11.5. The van der Waals surface area contributed by atoms with Crippen molar-refractivity contribution in [2.45, 2.75) is 6.92 Å². The normalized spacial score (nSPS) is 10.1. The van der Waals surface area contributed by atoms with E-state index in [0.29, 0.717) is 17.9 Å². The lowest BCUT2D eigenvalue weighted by Crippen LogP contribution is -2.27. The Morgan fingerprint density at radius 3 is 2.29 bits per heavy atom. The number of benzene rings is 1. The molecular formula is C12H17N3O2. The zero-order valence-electron chi connectivity index (χ0n) is 10.3. The van der Waals surface area contributed by atoms with E-state index in [2.05, 4.69) is 10.6 Å². The maximum Gasteiger partial charge on any atom is 0.238 e. The molecule has 0 fully saturated rings. The Kier molecular flexibility index (Phi) is 4.66. The molecule has 0 aliphatic rings. The zero-order chi connectivity index (χ0) is 12.8. The van der Waals surface area contributed by atoms with E-state index < -0.39 is 0 Å². The predicted octanol–water partition coefficient (Wildman–Crippen LogP) is 1.15. The molecule has 0 heterocycles. The molecule has 0 atom stereocenters. The second-order valence-corrected chi connectivity index (χ2v) is 4.05. The summed E-state index contributed by atoms with van der Waals surface area (Å²) in [6, 6.07) is 7.04. The summed E-state index contributed by atoms with van der Waals surface area (Å²) in [6.07, 6.45) is 0. The van der Waals surface area contributed by atoms with Gasteiger partial charge in [0.15, 0.2) is 0 Å². The van der Waals surface area contributed by atoms with Crippen molar-refractivity contribution in [3.63, 3.8) is 0 Å². The van der Waals surface area contributed by atoms with Gasteiger partial charge in [-0.3, -0.25) is 9.59 Å². The molecule has 0 aromatic heterocycles. The maximum absolute atomic E-state index is 11.5. The van der Waals surface area contributed by atoms with Crippen LogP contribution in [0.3, 0.4) is 0 Å². The number of hydrogen-bond donors (Lipinski definition) is 2. The third kappa shape index (κ3) is 5.12. The average molecular weight is 235 g/mol. The fourth-order valence-corrected chi connectivity index (χ4v) is 1.37. The van der Waals surface area contributed by atoms with Crippen LogP contribution in [0, 0.1) is 0 Å². The van der Waals surface area contributed by atoms with Gasteiger partial charge in [0.05, 0.1) is 6.54 Å². The lowest BCUT2D eigenvalue weighted by atomic mass is 10.2. The minimum absolute atomic E-state index is 0.0880. The van der Waals surface area contributed by atoms with E-state index in [0.717, 1.165) is 0 Å². The molecular weight excluding hydrogens is 218 g/mol. The van der Waals surface area contributed by atoms with Crippen molar-refractivity contribution < 1.29 is 9.59 Å². The Labute approximate surface area is 101 Å². The van der Waals surface area contributed by atoms with E-state index in [9.17, 15) is 9.59 Å². The first kappa shape index (κ1) is 13.2. The standard InChI is InChI=1S/C12H17N3O2/c1-9(16)13-10-5-4-6-11(7-10)14-12(17)8-15(2)3/h4-7H,8H2,1-3H3,(H,13,16)(H,14,17). The van der Waals surface area contributed by atoms with Gasteiger partial charge < -0.3 is 15.5 Å². The quantitative estimate of drug-likeness (QED) is 0.822. The molecule has 0 saturated carbocycles. The van der Waals surface area contributed by atoms with Crippen LogP contribution in [0.15, 0.2) is 24.3 Å². The zero-order valence-corrected chi connectivity index (χ0v) is 10.3. The number of carbonyl (C=O) groups is 2. The van der Waals surface area contributed by atoms with E-state index in [-0.39, 0.29) is 11.8 Å². The van der Waals surface area contributed by atoms with Gasteiger partial charge in [0.25, 0.3) is 0 Å². The van der Waals surface area contributed by atoms with Crippen LogP contribution in [0.2, 0.25) is 0 Å². The topological polar surface area (TPSA) is 61.4 Å². The van der Waals surface area contributed by atoms with Gasteiger partial charge in [-0.05, 0) is 32.3 Å². The Balaban J connectivity index is 2.65. The summed E-state index contributed by atoms with van der Waals surface area (Å²) in [5.74, 6) is -0.225. The van der Waals surface area contributed by atoms with E-state index >= 15 is 0 Å². The molecule has 0 unspecified atom stereocenters. The second kappa shape index (κ2) is 6.00. The lowest BCUT2D eigenvalue weighted by molar-refractivity contribution is -0.117. The Morgan fingerprint density at radius 1 is 1.18 bits per heavy atom. The molecule has 1 aromatic rings. The molecule has 5 nitrogen and oxygen atoms in total. The molecule has 92 valence electrons. The molecule has 0 saturated heterocycles. The molecule has 1 aromatic carbocycles. The molecule has 2 N–H and O–H groups in total. The van der Waals surface area contributed by atoms with Crippen LogP contribution in [0.5, 0.6) is 0 Å². The third-order valence-corrected chi connectivity index (χ3v) is 1.93.